The lowest BCUT2D eigenvalue weighted by Gasteiger charge is -1.88. The molecule has 1 N–H and O–H groups in total. The Labute approximate surface area is 63.8 Å². The van der Waals surface area contributed by atoms with Crippen LogP contribution in [0.2, 0.25) is 0 Å². The van der Waals surface area contributed by atoms with Crippen molar-refractivity contribution in [1.82, 2.24) is 0 Å². The van der Waals surface area contributed by atoms with Gasteiger partial charge in [0.2, 0.25) is 0 Å². The Bertz CT molecular complexity index is 306. The number of Topliss-reactive ketones (excluding diaryl/α,β-unsaturated/α-hetero) is 1. The largest absolute Gasteiger partial charge is 0.332 e. The molecule has 0 saturated heterocycles. The minimum atomic E-state index is 0.0121. The molecule has 0 amide bonds. The summed E-state index contributed by atoms with van der Waals surface area (Å²) in [6, 6.07) is 7.11. The van der Waals surface area contributed by atoms with Crippen LogP contribution in [0.25, 0.3) is 0 Å². The Morgan fingerprint density at radius 3 is 2.45 bits per heavy atom. The van der Waals surface area contributed by atoms with Gasteiger partial charge in [-0.3, -0.25) is 9.59 Å². The Kier molecular flexibility index (Phi) is 1.15. The molecule has 1 aliphatic carbocycles. The maximum Gasteiger partial charge on any atom is 0.332 e. The Morgan fingerprint density at radius 1 is 1.18 bits per heavy atom. The van der Waals surface area contributed by atoms with Gasteiger partial charge < -0.3 is 0 Å². The zero-order valence-electron chi connectivity index (χ0n) is 5.87. The number of carbonyl (C=O) groups is 1. The van der Waals surface area contributed by atoms with Crippen LogP contribution in [0.1, 0.15) is 22.3 Å². The molecule has 54 valence electrons. The predicted octanol–water partition coefficient (Wildman–Crippen LogP) is 1.17. The summed E-state index contributed by atoms with van der Waals surface area (Å²) in [7, 11) is 0. The lowest BCUT2D eigenvalue weighted by molar-refractivity contribution is 0.100. The second-order valence-electron chi connectivity index (χ2n) is 2.59. The smallest absolute Gasteiger partial charge is 0.293 e. The SMILES string of the molecule is O=C1CC(=[OH+])c2ccccc21. The van der Waals surface area contributed by atoms with Gasteiger partial charge in [0.25, 0.3) is 0 Å². The third-order valence-electron chi connectivity index (χ3n) is 1.87. The zero-order valence-corrected chi connectivity index (χ0v) is 5.87. The topological polar surface area (TPSA) is 38.5 Å². The molecular weight excluding hydrogens is 140 g/mol. The maximum atomic E-state index is 11.1. The summed E-state index contributed by atoms with van der Waals surface area (Å²) in [4.78, 5) is 20.3. The van der Waals surface area contributed by atoms with Gasteiger partial charge in [-0.05, 0) is 6.07 Å². The average molecular weight is 147 g/mol. The van der Waals surface area contributed by atoms with Crippen LogP contribution in [0.5, 0.6) is 0 Å². The number of hydrogen-bond donors (Lipinski definition) is 0. The molecule has 0 spiro atoms. The van der Waals surface area contributed by atoms with Crippen molar-refractivity contribution >= 4 is 11.6 Å². The van der Waals surface area contributed by atoms with Crippen molar-refractivity contribution in [2.45, 2.75) is 6.42 Å². The quantitative estimate of drug-likeness (QED) is 0.401. The van der Waals surface area contributed by atoms with Crippen molar-refractivity contribution in [1.29, 1.82) is 0 Å². The molecule has 11 heavy (non-hydrogen) atoms. The van der Waals surface area contributed by atoms with E-state index in [2.05, 4.69) is 0 Å². The van der Waals surface area contributed by atoms with E-state index < -0.39 is 0 Å². The van der Waals surface area contributed by atoms with Gasteiger partial charge in [0.15, 0.2) is 5.78 Å². The van der Waals surface area contributed by atoms with Gasteiger partial charge in [-0.1, -0.05) is 18.2 Å². The van der Waals surface area contributed by atoms with Crippen molar-refractivity contribution in [3.8, 4) is 0 Å². The van der Waals surface area contributed by atoms with Gasteiger partial charge in [0, 0.05) is 5.56 Å². The molecule has 0 heterocycles. The molecule has 0 aromatic heterocycles. The van der Waals surface area contributed by atoms with Gasteiger partial charge >= 0.3 is 5.78 Å². The first-order chi connectivity index (χ1) is 5.29. The van der Waals surface area contributed by atoms with E-state index >= 15 is 0 Å². The highest BCUT2D eigenvalue weighted by Crippen LogP contribution is 2.20. The summed E-state index contributed by atoms with van der Waals surface area (Å²) in [5.74, 6) is 0.212. The second kappa shape index (κ2) is 2.02. The average Bonchev–Trinajstić information content (AvgIpc) is 2.30. The molecule has 0 saturated carbocycles. The van der Waals surface area contributed by atoms with Crippen LogP contribution in [0, 0.1) is 0 Å². The highest BCUT2D eigenvalue weighted by Gasteiger charge is 2.31. The molecule has 1 aromatic rings. The van der Waals surface area contributed by atoms with Crippen molar-refractivity contribution in [2.24, 2.45) is 0 Å². The van der Waals surface area contributed by atoms with E-state index in [1.165, 1.54) is 0 Å². The minimum absolute atomic E-state index is 0.0121. The highest BCUT2D eigenvalue weighted by atomic mass is 16.2. The van der Waals surface area contributed by atoms with Crippen LogP contribution < -0.4 is 0 Å². The molecule has 0 atom stereocenters. The van der Waals surface area contributed by atoms with E-state index in [1.54, 1.807) is 18.2 Å². The predicted molar refractivity (Wildman–Crippen MR) is 41.4 cm³/mol. The van der Waals surface area contributed by atoms with Crippen LogP contribution in [0.15, 0.2) is 24.3 Å². The van der Waals surface area contributed by atoms with Crippen LogP contribution in [0.4, 0.5) is 0 Å². The fraction of sp³-hybridized carbons (Fsp3) is 0.111. The molecule has 0 fully saturated rings. The summed E-state index contributed by atoms with van der Waals surface area (Å²) < 4.78 is 0. The zero-order chi connectivity index (χ0) is 7.84. The summed E-state index contributed by atoms with van der Waals surface area (Å²) >= 11 is 0. The number of hydrogen-bond acceptors (Lipinski definition) is 1. The molecule has 1 aromatic carbocycles. The van der Waals surface area contributed by atoms with Gasteiger partial charge in [-0.15, -0.1) is 0 Å². The standard InChI is InChI=1S/C9H6O2/c10-8-5-9(11)7-4-2-1-3-6(7)8/h1-4H,5H2/p+1. The summed E-state index contributed by atoms with van der Waals surface area (Å²) in [6.45, 7) is 0. The van der Waals surface area contributed by atoms with E-state index in [4.69, 9.17) is 0 Å². The van der Waals surface area contributed by atoms with E-state index in [-0.39, 0.29) is 18.0 Å². The Morgan fingerprint density at radius 2 is 1.82 bits per heavy atom. The Hall–Kier alpha value is -1.44. The molecule has 0 bridgehead atoms. The number of ketones is 2. The van der Waals surface area contributed by atoms with Gasteiger partial charge in [0.05, 0.1) is 5.56 Å². The van der Waals surface area contributed by atoms with Gasteiger partial charge in [0.1, 0.15) is 6.42 Å². The first-order valence-electron chi connectivity index (χ1n) is 3.46. The molecule has 0 unspecified atom stereocenters. The fourth-order valence-corrected chi connectivity index (χ4v) is 1.32. The first-order valence-corrected chi connectivity index (χ1v) is 3.46. The van der Waals surface area contributed by atoms with Crippen molar-refractivity contribution in [3.05, 3.63) is 35.4 Å². The van der Waals surface area contributed by atoms with E-state index in [1.807, 2.05) is 6.07 Å². The van der Waals surface area contributed by atoms with Gasteiger partial charge in [-0.2, -0.15) is 0 Å². The van der Waals surface area contributed by atoms with Crippen LogP contribution in [-0.4, -0.2) is 16.4 Å². The summed E-state index contributed by atoms with van der Waals surface area (Å²) in [5.41, 5.74) is 1.34. The molecule has 1 aliphatic rings. The number of benzene rings is 1. The highest BCUT2D eigenvalue weighted by molar-refractivity contribution is 6.24. The molecule has 2 heteroatoms. The van der Waals surface area contributed by atoms with Crippen molar-refractivity contribution in [2.75, 3.05) is 0 Å². The Balaban J connectivity index is 2.69. The van der Waals surface area contributed by atoms with Crippen LogP contribution >= 0.6 is 0 Å². The lowest BCUT2D eigenvalue weighted by Crippen LogP contribution is -1.92. The monoisotopic (exact) mass is 147 g/mol. The first kappa shape index (κ1) is 6.28. The fourth-order valence-electron chi connectivity index (χ4n) is 1.32. The maximum absolute atomic E-state index is 11.1. The summed E-state index contributed by atoms with van der Waals surface area (Å²) in [6.07, 6.45) is 0.166. The third kappa shape index (κ3) is 0.792. The lowest BCUT2D eigenvalue weighted by atomic mass is 10.1. The molecule has 0 aliphatic heterocycles. The molecule has 2 rings (SSSR count). The molecule has 0 radical (unpaired) electrons. The van der Waals surface area contributed by atoms with Crippen molar-refractivity contribution in [3.63, 3.8) is 0 Å². The summed E-state index contributed by atoms with van der Waals surface area (Å²) in [5, 5.41) is 0. The van der Waals surface area contributed by atoms with Gasteiger partial charge in [-0.25, -0.2) is 0 Å². The molecule has 2 nitrogen and oxygen atoms in total. The number of rotatable bonds is 0. The molecular formula is C9H7O2+. The van der Waals surface area contributed by atoms with E-state index in [0.29, 0.717) is 11.1 Å². The normalized spacial score (nSPS) is 15.3. The third-order valence-corrected chi connectivity index (χ3v) is 1.87. The van der Waals surface area contributed by atoms with E-state index in [9.17, 15) is 9.59 Å². The number of fused-ring (bicyclic) bond motifs is 1. The van der Waals surface area contributed by atoms with E-state index in [0.717, 1.165) is 0 Å². The minimum Gasteiger partial charge on any atom is -0.293 e. The van der Waals surface area contributed by atoms with Crippen LogP contribution in [0.3, 0.4) is 0 Å². The van der Waals surface area contributed by atoms with Crippen molar-refractivity contribution < 1.29 is 9.59 Å². The second-order valence-corrected chi connectivity index (χ2v) is 2.59. The number of carbonyl (C=O) groups excluding carboxylic acids is 2. The van der Waals surface area contributed by atoms with Crippen LogP contribution in [-0.2, 0) is 0 Å².